The summed E-state index contributed by atoms with van der Waals surface area (Å²) in [5, 5.41) is 0. The Morgan fingerprint density at radius 1 is 1.25 bits per heavy atom. The van der Waals surface area contributed by atoms with Crippen LogP contribution in [-0.4, -0.2) is 20.5 Å². The van der Waals surface area contributed by atoms with Crippen molar-refractivity contribution in [2.45, 2.75) is 37.1 Å². The minimum absolute atomic E-state index is 0. The molecule has 1 aromatic carbocycles. The summed E-state index contributed by atoms with van der Waals surface area (Å²) in [6, 6.07) is 2.34. The first kappa shape index (κ1) is 19.2. The Morgan fingerprint density at radius 2 is 1.80 bits per heavy atom. The molecule has 0 saturated heterocycles. The second-order valence-electron chi connectivity index (χ2n) is 4.37. The van der Waals surface area contributed by atoms with Gasteiger partial charge in [0.2, 0.25) is 10.0 Å². The van der Waals surface area contributed by atoms with Crippen molar-refractivity contribution in [3.8, 4) is 0 Å². The number of hydrogen-bond donors (Lipinski definition) is 2. The van der Waals surface area contributed by atoms with Crippen LogP contribution in [0.2, 0.25) is 0 Å². The molecule has 0 atom stereocenters. The highest BCUT2D eigenvalue weighted by Crippen LogP contribution is 2.21. The van der Waals surface area contributed by atoms with Gasteiger partial charge in [0.1, 0.15) is 16.5 Å². The van der Waals surface area contributed by atoms with Crippen molar-refractivity contribution in [2.75, 3.05) is 6.54 Å². The van der Waals surface area contributed by atoms with Crippen molar-refractivity contribution in [3.05, 3.63) is 29.8 Å². The molecule has 1 aromatic rings. The molecule has 20 heavy (non-hydrogen) atoms. The van der Waals surface area contributed by atoms with E-state index in [-0.39, 0.29) is 19.0 Å². The van der Waals surface area contributed by atoms with Crippen LogP contribution in [0.4, 0.5) is 8.78 Å². The summed E-state index contributed by atoms with van der Waals surface area (Å²) in [4.78, 5) is -0.575. The fourth-order valence-corrected chi connectivity index (χ4v) is 3.37. The molecule has 0 bridgehead atoms. The Morgan fingerprint density at radius 3 is 2.20 bits per heavy atom. The molecule has 0 aliphatic carbocycles. The molecule has 0 unspecified atom stereocenters. The standard InChI is InChI=1S/C12H18F2N2O2S.ClH/c1-3-12(4-2,8-15)16-19(17,18)11-6-5-9(13)7-10(11)14;/h5-7,16H,3-4,8,15H2,1-2H3;1H. The highest BCUT2D eigenvalue weighted by atomic mass is 35.5. The van der Waals surface area contributed by atoms with E-state index in [0.29, 0.717) is 18.9 Å². The summed E-state index contributed by atoms with van der Waals surface area (Å²) in [5.74, 6) is -1.95. The zero-order chi connectivity index (χ0) is 14.7. The molecule has 0 heterocycles. The van der Waals surface area contributed by atoms with Crippen molar-refractivity contribution in [3.63, 3.8) is 0 Å². The maximum Gasteiger partial charge on any atom is 0.244 e. The maximum atomic E-state index is 13.5. The molecule has 0 fully saturated rings. The Kier molecular flexibility index (Phi) is 7.03. The molecule has 0 aromatic heterocycles. The second-order valence-corrected chi connectivity index (χ2v) is 6.02. The van der Waals surface area contributed by atoms with E-state index < -0.39 is 32.1 Å². The van der Waals surface area contributed by atoms with E-state index in [1.165, 1.54) is 0 Å². The molecule has 0 aliphatic heterocycles. The van der Waals surface area contributed by atoms with Gasteiger partial charge in [-0.1, -0.05) is 13.8 Å². The topological polar surface area (TPSA) is 72.2 Å². The van der Waals surface area contributed by atoms with Crippen LogP contribution in [0.25, 0.3) is 0 Å². The van der Waals surface area contributed by atoms with Gasteiger partial charge >= 0.3 is 0 Å². The lowest BCUT2D eigenvalue weighted by atomic mass is 9.95. The average Bonchev–Trinajstić information content (AvgIpc) is 2.35. The van der Waals surface area contributed by atoms with Gasteiger partial charge in [0.05, 0.1) is 0 Å². The summed E-state index contributed by atoms with van der Waals surface area (Å²) in [5.41, 5.74) is 4.78. The second kappa shape index (κ2) is 7.31. The quantitative estimate of drug-likeness (QED) is 0.840. The monoisotopic (exact) mass is 328 g/mol. The molecule has 3 N–H and O–H groups in total. The number of hydrogen-bond acceptors (Lipinski definition) is 3. The number of rotatable bonds is 6. The molecular formula is C12H19ClF2N2O2S. The fourth-order valence-electron chi connectivity index (χ4n) is 1.76. The minimum Gasteiger partial charge on any atom is -0.329 e. The summed E-state index contributed by atoms with van der Waals surface area (Å²) >= 11 is 0. The third-order valence-electron chi connectivity index (χ3n) is 3.28. The van der Waals surface area contributed by atoms with Crippen LogP contribution in [0.1, 0.15) is 26.7 Å². The first-order chi connectivity index (χ1) is 8.80. The SMILES string of the molecule is CCC(CC)(CN)NS(=O)(=O)c1ccc(F)cc1F.Cl. The lowest BCUT2D eigenvalue weighted by Crippen LogP contribution is -2.52. The van der Waals surface area contributed by atoms with E-state index >= 15 is 0 Å². The van der Waals surface area contributed by atoms with Crippen LogP contribution in [0, 0.1) is 11.6 Å². The van der Waals surface area contributed by atoms with Crippen molar-refractivity contribution in [1.29, 1.82) is 0 Å². The number of nitrogens with one attached hydrogen (secondary N) is 1. The molecule has 1 rings (SSSR count). The Bertz CT molecular complexity index is 540. The van der Waals surface area contributed by atoms with Crippen molar-refractivity contribution in [2.24, 2.45) is 5.73 Å². The van der Waals surface area contributed by atoms with Gasteiger partial charge < -0.3 is 5.73 Å². The Hall–Kier alpha value is -0.760. The molecule has 8 heteroatoms. The number of benzene rings is 1. The van der Waals surface area contributed by atoms with E-state index in [4.69, 9.17) is 5.73 Å². The summed E-state index contributed by atoms with van der Waals surface area (Å²) in [6.45, 7) is 3.68. The lowest BCUT2D eigenvalue weighted by molar-refractivity contribution is 0.362. The smallest absolute Gasteiger partial charge is 0.244 e. The minimum atomic E-state index is -4.07. The molecule has 116 valence electrons. The van der Waals surface area contributed by atoms with Crippen LogP contribution < -0.4 is 10.5 Å². The molecule has 0 radical (unpaired) electrons. The van der Waals surface area contributed by atoms with Crippen LogP contribution in [0.5, 0.6) is 0 Å². The molecule has 0 saturated carbocycles. The Balaban J connectivity index is 0.00000361. The molecule has 4 nitrogen and oxygen atoms in total. The van der Waals surface area contributed by atoms with Crippen LogP contribution >= 0.6 is 12.4 Å². The van der Waals surface area contributed by atoms with Gasteiger partial charge in [-0.25, -0.2) is 21.9 Å². The van der Waals surface area contributed by atoms with Gasteiger partial charge in [-0.15, -0.1) is 12.4 Å². The molecule has 0 spiro atoms. The van der Waals surface area contributed by atoms with Gasteiger partial charge in [0, 0.05) is 18.2 Å². The van der Waals surface area contributed by atoms with Crippen LogP contribution in [0.15, 0.2) is 23.1 Å². The number of halogens is 3. The highest BCUT2D eigenvalue weighted by Gasteiger charge is 2.32. The number of nitrogens with two attached hydrogens (primary N) is 1. The van der Waals surface area contributed by atoms with Crippen LogP contribution in [-0.2, 0) is 10.0 Å². The van der Waals surface area contributed by atoms with Crippen LogP contribution in [0.3, 0.4) is 0 Å². The van der Waals surface area contributed by atoms with E-state index in [9.17, 15) is 17.2 Å². The zero-order valence-electron chi connectivity index (χ0n) is 11.3. The largest absolute Gasteiger partial charge is 0.329 e. The first-order valence-electron chi connectivity index (χ1n) is 5.99. The van der Waals surface area contributed by atoms with Gasteiger partial charge in [-0.05, 0) is 25.0 Å². The lowest BCUT2D eigenvalue weighted by Gasteiger charge is -2.31. The normalized spacial score (nSPS) is 12.1. The highest BCUT2D eigenvalue weighted by molar-refractivity contribution is 7.89. The molecule has 0 aliphatic rings. The van der Waals surface area contributed by atoms with E-state index in [0.717, 1.165) is 12.1 Å². The van der Waals surface area contributed by atoms with Crippen molar-refractivity contribution >= 4 is 22.4 Å². The van der Waals surface area contributed by atoms with Crippen molar-refractivity contribution in [1.82, 2.24) is 4.72 Å². The maximum absolute atomic E-state index is 13.5. The van der Waals surface area contributed by atoms with E-state index in [1.807, 2.05) is 0 Å². The predicted molar refractivity (Wildman–Crippen MR) is 76.3 cm³/mol. The number of sulfonamides is 1. The van der Waals surface area contributed by atoms with Gasteiger partial charge in [-0.3, -0.25) is 0 Å². The summed E-state index contributed by atoms with van der Waals surface area (Å²) in [7, 11) is -4.07. The third kappa shape index (κ3) is 4.12. The van der Waals surface area contributed by atoms with Crippen molar-refractivity contribution < 1.29 is 17.2 Å². The molecular weight excluding hydrogens is 310 g/mol. The Labute approximate surface area is 124 Å². The van der Waals surface area contributed by atoms with Gasteiger partial charge in [-0.2, -0.15) is 0 Å². The average molecular weight is 329 g/mol. The van der Waals surface area contributed by atoms with Gasteiger partial charge in [0.15, 0.2) is 0 Å². The summed E-state index contributed by atoms with van der Waals surface area (Å²) in [6.07, 6.45) is 0.948. The zero-order valence-corrected chi connectivity index (χ0v) is 13.0. The summed E-state index contributed by atoms with van der Waals surface area (Å²) < 4.78 is 53.0. The van der Waals surface area contributed by atoms with E-state index in [2.05, 4.69) is 4.72 Å². The third-order valence-corrected chi connectivity index (χ3v) is 4.89. The molecule has 0 amide bonds. The fraction of sp³-hybridized carbons (Fsp3) is 0.500. The predicted octanol–water partition coefficient (Wildman–Crippen LogP) is 2.18. The first-order valence-corrected chi connectivity index (χ1v) is 7.47. The van der Waals surface area contributed by atoms with Gasteiger partial charge in [0.25, 0.3) is 0 Å². The van der Waals surface area contributed by atoms with E-state index in [1.54, 1.807) is 13.8 Å².